The standard InChI is InChI=1S/C6H10O13S2/c7-1-2-4(9)17-20(12,13)19-21(14,15)18-6(11,3(1)8)5(10)16-2/h1-5,7-11H/t1-,2+,3-,4?,5?,6+/m0/s1. The van der Waals surface area contributed by atoms with Crippen LogP contribution < -0.4 is 0 Å². The Hall–Kier alpha value is -0.460. The fourth-order valence-corrected chi connectivity index (χ4v) is 3.61. The summed E-state index contributed by atoms with van der Waals surface area (Å²) in [6.07, 6.45) is -12.0. The Morgan fingerprint density at radius 1 is 0.952 bits per heavy atom. The molecule has 3 saturated heterocycles. The Balaban J connectivity index is 2.55. The maximum absolute atomic E-state index is 11.3. The third-order valence-corrected chi connectivity index (χ3v) is 4.86. The fourth-order valence-electron chi connectivity index (χ4n) is 1.69. The first-order valence-electron chi connectivity index (χ1n) is 5.08. The van der Waals surface area contributed by atoms with Gasteiger partial charge in [0.05, 0.1) is 0 Å². The molecule has 13 nitrogen and oxygen atoms in total. The maximum Gasteiger partial charge on any atom is 0.419 e. The maximum atomic E-state index is 11.3. The summed E-state index contributed by atoms with van der Waals surface area (Å²) in [5.41, 5.74) is 0. The predicted octanol–water partition coefficient (Wildman–Crippen LogP) is -5.01. The van der Waals surface area contributed by atoms with Crippen LogP contribution in [0.1, 0.15) is 0 Å². The highest BCUT2D eigenvalue weighted by Gasteiger charge is 2.61. The lowest BCUT2D eigenvalue weighted by Gasteiger charge is -2.45. The van der Waals surface area contributed by atoms with Crippen molar-refractivity contribution in [1.29, 1.82) is 0 Å². The van der Waals surface area contributed by atoms with Crippen LogP contribution in [0.5, 0.6) is 0 Å². The zero-order chi connectivity index (χ0) is 16.2. The summed E-state index contributed by atoms with van der Waals surface area (Å²) in [5, 5.41) is 47.8. The van der Waals surface area contributed by atoms with E-state index in [-0.39, 0.29) is 0 Å². The molecule has 15 heteroatoms. The van der Waals surface area contributed by atoms with Gasteiger partial charge in [-0.3, -0.25) is 0 Å². The van der Waals surface area contributed by atoms with Crippen LogP contribution in [0.15, 0.2) is 0 Å². The summed E-state index contributed by atoms with van der Waals surface area (Å²) in [6, 6.07) is 0. The van der Waals surface area contributed by atoms with E-state index in [2.05, 4.69) is 16.7 Å². The Labute approximate surface area is 117 Å². The monoisotopic (exact) mass is 354 g/mol. The molecule has 0 radical (unpaired) electrons. The largest absolute Gasteiger partial charge is 0.419 e. The van der Waals surface area contributed by atoms with Gasteiger partial charge in [0.1, 0.15) is 18.3 Å². The minimum Gasteiger partial charge on any atom is -0.387 e. The van der Waals surface area contributed by atoms with Crippen molar-refractivity contribution in [3.05, 3.63) is 0 Å². The number of hydrogen-bond donors (Lipinski definition) is 5. The van der Waals surface area contributed by atoms with Gasteiger partial charge in [0.25, 0.3) is 5.79 Å². The van der Waals surface area contributed by atoms with Crippen molar-refractivity contribution in [2.45, 2.75) is 36.7 Å². The first-order chi connectivity index (χ1) is 9.38. The molecule has 0 aromatic rings. The molecular weight excluding hydrogens is 344 g/mol. The third-order valence-electron chi connectivity index (χ3n) is 2.62. The number of aliphatic hydroxyl groups excluding tert-OH is 4. The minimum absolute atomic E-state index is 2.07. The lowest BCUT2D eigenvalue weighted by molar-refractivity contribution is -0.398. The molecule has 3 fully saturated rings. The predicted molar refractivity (Wildman–Crippen MR) is 54.9 cm³/mol. The van der Waals surface area contributed by atoms with E-state index in [0.29, 0.717) is 0 Å². The second-order valence-electron chi connectivity index (χ2n) is 4.10. The molecule has 0 aromatic heterocycles. The molecule has 124 valence electrons. The van der Waals surface area contributed by atoms with Crippen LogP contribution in [-0.2, 0) is 37.5 Å². The molecule has 2 unspecified atom stereocenters. The van der Waals surface area contributed by atoms with Gasteiger partial charge in [-0.15, -0.1) is 3.63 Å². The molecule has 0 aliphatic carbocycles. The number of aliphatic hydroxyl groups is 5. The highest BCUT2D eigenvalue weighted by Crippen LogP contribution is 2.34. The van der Waals surface area contributed by atoms with Gasteiger partial charge in [0.2, 0.25) is 12.6 Å². The number of ether oxygens (including phenoxy) is 1. The first kappa shape index (κ1) is 16.9. The lowest BCUT2D eigenvalue weighted by atomic mass is 9.95. The van der Waals surface area contributed by atoms with E-state index < -0.39 is 57.5 Å². The summed E-state index contributed by atoms with van der Waals surface area (Å²) >= 11 is 0. The lowest BCUT2D eigenvalue weighted by Crippen LogP contribution is -2.70. The second-order valence-corrected chi connectivity index (χ2v) is 6.63. The highest BCUT2D eigenvalue weighted by molar-refractivity contribution is 7.95. The summed E-state index contributed by atoms with van der Waals surface area (Å²) in [6.45, 7) is 0. The van der Waals surface area contributed by atoms with Gasteiger partial charge >= 0.3 is 20.8 Å². The van der Waals surface area contributed by atoms with Gasteiger partial charge in [-0.25, -0.2) is 8.37 Å². The Morgan fingerprint density at radius 2 is 1.52 bits per heavy atom. The molecular formula is C6H10O13S2. The molecule has 0 amide bonds. The molecule has 2 bridgehead atoms. The first-order valence-corrected chi connectivity index (χ1v) is 7.74. The van der Waals surface area contributed by atoms with Crippen LogP contribution >= 0.6 is 0 Å². The third kappa shape index (κ3) is 3.03. The second kappa shape index (κ2) is 5.03. The van der Waals surface area contributed by atoms with Gasteiger partial charge in [-0.1, -0.05) is 0 Å². The van der Waals surface area contributed by atoms with Gasteiger partial charge < -0.3 is 30.3 Å². The zero-order valence-corrected chi connectivity index (χ0v) is 11.3. The minimum atomic E-state index is -5.58. The van der Waals surface area contributed by atoms with E-state index in [1.54, 1.807) is 0 Å². The van der Waals surface area contributed by atoms with Crippen LogP contribution in [0.4, 0.5) is 0 Å². The zero-order valence-electron chi connectivity index (χ0n) is 9.71. The molecule has 6 atom stereocenters. The molecule has 3 rings (SSSR count). The van der Waals surface area contributed by atoms with Crippen LogP contribution in [0, 0.1) is 0 Å². The quantitative estimate of drug-likeness (QED) is 0.276. The fraction of sp³-hybridized carbons (Fsp3) is 1.00. The summed E-state index contributed by atoms with van der Waals surface area (Å²) < 4.78 is 60.4. The van der Waals surface area contributed by atoms with Crippen molar-refractivity contribution in [3.8, 4) is 0 Å². The average molecular weight is 354 g/mol. The Morgan fingerprint density at radius 3 is 2.10 bits per heavy atom. The van der Waals surface area contributed by atoms with E-state index in [0.717, 1.165) is 0 Å². The number of hydrogen-bond acceptors (Lipinski definition) is 13. The summed E-state index contributed by atoms with van der Waals surface area (Å²) in [7, 11) is -11.0. The van der Waals surface area contributed by atoms with Gasteiger partial charge in [-0.2, -0.15) is 16.8 Å². The topological polar surface area (TPSA) is 206 Å². The molecule has 5 N–H and O–H groups in total. The highest BCUT2D eigenvalue weighted by atomic mass is 32.3. The van der Waals surface area contributed by atoms with E-state index in [4.69, 9.17) is 0 Å². The normalized spacial score (nSPS) is 49.7. The molecule has 3 aliphatic rings. The molecule has 3 heterocycles. The van der Waals surface area contributed by atoms with Gasteiger partial charge in [-0.05, 0) is 0 Å². The van der Waals surface area contributed by atoms with E-state index in [1.807, 2.05) is 0 Å². The molecule has 0 spiro atoms. The van der Waals surface area contributed by atoms with Crippen molar-refractivity contribution in [1.82, 2.24) is 0 Å². The van der Waals surface area contributed by atoms with Crippen LogP contribution in [0.3, 0.4) is 0 Å². The van der Waals surface area contributed by atoms with Crippen LogP contribution in [0.2, 0.25) is 0 Å². The van der Waals surface area contributed by atoms with E-state index >= 15 is 0 Å². The SMILES string of the molecule is O=S1(=O)OC(O)[C@@H]2OC(O)[C@](O)(OS(=O)(=O)O1)[C@@H](O)[C@H]2O. The number of fused-ring (bicyclic) bond motifs is 7. The van der Waals surface area contributed by atoms with Crippen molar-refractivity contribution in [2.24, 2.45) is 0 Å². The molecule has 3 aliphatic heterocycles. The molecule has 21 heavy (non-hydrogen) atoms. The van der Waals surface area contributed by atoms with Crippen molar-refractivity contribution in [3.63, 3.8) is 0 Å². The van der Waals surface area contributed by atoms with Crippen LogP contribution in [0.25, 0.3) is 0 Å². The van der Waals surface area contributed by atoms with Crippen LogP contribution in [-0.4, -0.2) is 79.0 Å². The van der Waals surface area contributed by atoms with Crippen molar-refractivity contribution < 1.29 is 59.1 Å². The average Bonchev–Trinajstić information content (AvgIpc) is 2.27. The van der Waals surface area contributed by atoms with Crippen molar-refractivity contribution >= 4 is 20.8 Å². The van der Waals surface area contributed by atoms with E-state index in [1.165, 1.54) is 0 Å². The summed E-state index contributed by atoms with van der Waals surface area (Å²) in [5.74, 6) is -3.48. The Kier molecular flexibility index (Phi) is 4.05. The van der Waals surface area contributed by atoms with E-state index in [9.17, 15) is 42.4 Å². The van der Waals surface area contributed by atoms with Gasteiger partial charge in [0.15, 0.2) is 0 Å². The smallest absolute Gasteiger partial charge is 0.387 e. The molecule has 0 aromatic carbocycles. The van der Waals surface area contributed by atoms with Gasteiger partial charge in [0, 0.05) is 0 Å². The number of rotatable bonds is 0. The molecule has 0 saturated carbocycles. The van der Waals surface area contributed by atoms with Crippen molar-refractivity contribution in [2.75, 3.05) is 0 Å². The Bertz CT molecular complexity index is 609. The summed E-state index contributed by atoms with van der Waals surface area (Å²) in [4.78, 5) is 0.